The second kappa shape index (κ2) is 5.27. The Morgan fingerprint density at radius 1 is 1.09 bits per heavy atom. The number of H-pyrrole nitrogens is 1. The van der Waals surface area contributed by atoms with Crippen molar-refractivity contribution in [2.45, 2.75) is 24.8 Å². The molecular weight excluding hydrogens is 284 g/mol. The molecule has 0 atom stereocenters. The highest BCUT2D eigenvalue weighted by atomic mass is 16.2. The molecule has 2 aromatic carbocycles. The molecule has 3 aromatic rings. The number of carbonyl (C=O) groups excluding carboxylic acids is 1. The van der Waals surface area contributed by atoms with Crippen LogP contribution >= 0.6 is 0 Å². The van der Waals surface area contributed by atoms with Gasteiger partial charge in [0.15, 0.2) is 0 Å². The lowest BCUT2D eigenvalue weighted by Crippen LogP contribution is -2.36. The molecule has 1 heterocycles. The van der Waals surface area contributed by atoms with Crippen LogP contribution in [-0.2, 0) is 16.8 Å². The molecule has 0 bridgehead atoms. The number of hydrogen-bond acceptors (Lipinski definition) is 1. The Kier molecular flexibility index (Phi) is 3.22. The zero-order valence-corrected chi connectivity index (χ0v) is 13.3. The van der Waals surface area contributed by atoms with E-state index in [-0.39, 0.29) is 11.3 Å². The number of amides is 1. The molecule has 0 aliphatic heterocycles. The molecule has 1 saturated carbocycles. The number of rotatable bonds is 4. The van der Waals surface area contributed by atoms with Gasteiger partial charge in [0.25, 0.3) is 0 Å². The van der Waals surface area contributed by atoms with Crippen molar-refractivity contribution < 1.29 is 4.79 Å². The van der Waals surface area contributed by atoms with Crippen LogP contribution in [0.1, 0.15) is 24.0 Å². The van der Waals surface area contributed by atoms with Crippen molar-refractivity contribution in [3.63, 3.8) is 0 Å². The highest BCUT2D eigenvalue weighted by Crippen LogP contribution is 2.51. The Morgan fingerprint density at radius 3 is 2.52 bits per heavy atom. The third-order valence-corrected chi connectivity index (χ3v) is 4.87. The SMILES string of the molecule is CN(Cc1ccccc1)C(=O)C1(c2c[nH]c3ccccc23)CC1. The number of aromatic nitrogens is 1. The Morgan fingerprint density at radius 2 is 1.78 bits per heavy atom. The molecule has 1 aromatic heterocycles. The molecule has 0 radical (unpaired) electrons. The first-order valence-electron chi connectivity index (χ1n) is 8.07. The number of aromatic amines is 1. The lowest BCUT2D eigenvalue weighted by Gasteiger charge is -2.23. The number of hydrogen-bond donors (Lipinski definition) is 1. The van der Waals surface area contributed by atoms with Crippen LogP contribution in [0.15, 0.2) is 60.8 Å². The topological polar surface area (TPSA) is 36.1 Å². The highest BCUT2D eigenvalue weighted by molar-refractivity contribution is 5.97. The van der Waals surface area contributed by atoms with Crippen molar-refractivity contribution in [1.82, 2.24) is 9.88 Å². The Balaban J connectivity index is 1.62. The smallest absolute Gasteiger partial charge is 0.233 e. The van der Waals surface area contributed by atoms with Gasteiger partial charge < -0.3 is 9.88 Å². The van der Waals surface area contributed by atoms with E-state index in [4.69, 9.17) is 0 Å². The number of carbonyl (C=O) groups is 1. The average molecular weight is 304 g/mol. The third kappa shape index (κ3) is 2.33. The van der Waals surface area contributed by atoms with Crippen LogP contribution in [0.2, 0.25) is 0 Å². The van der Waals surface area contributed by atoms with E-state index < -0.39 is 0 Å². The summed E-state index contributed by atoms with van der Waals surface area (Å²) in [5, 5.41) is 1.17. The summed E-state index contributed by atoms with van der Waals surface area (Å²) in [6, 6.07) is 18.4. The van der Waals surface area contributed by atoms with Crippen LogP contribution in [-0.4, -0.2) is 22.8 Å². The lowest BCUT2D eigenvalue weighted by atomic mass is 9.93. The zero-order valence-electron chi connectivity index (χ0n) is 13.3. The Hall–Kier alpha value is -2.55. The van der Waals surface area contributed by atoms with E-state index in [1.54, 1.807) is 0 Å². The standard InChI is InChI=1S/C20H20N2O/c1-22(14-15-7-3-2-4-8-15)19(23)20(11-12-20)17-13-21-18-10-6-5-9-16(17)18/h2-10,13,21H,11-12,14H2,1H3. The molecule has 23 heavy (non-hydrogen) atoms. The summed E-state index contributed by atoms with van der Waals surface area (Å²) in [5.41, 5.74) is 3.09. The van der Waals surface area contributed by atoms with Crippen LogP contribution in [0, 0.1) is 0 Å². The van der Waals surface area contributed by atoms with E-state index in [9.17, 15) is 4.79 Å². The summed E-state index contributed by atoms with van der Waals surface area (Å²) in [6.07, 6.45) is 3.89. The van der Waals surface area contributed by atoms with Crippen molar-refractivity contribution in [3.05, 3.63) is 71.9 Å². The van der Waals surface area contributed by atoms with Gasteiger partial charge in [0.05, 0.1) is 5.41 Å². The lowest BCUT2D eigenvalue weighted by molar-refractivity contribution is -0.133. The second-order valence-electron chi connectivity index (χ2n) is 6.48. The maximum Gasteiger partial charge on any atom is 0.233 e. The van der Waals surface area contributed by atoms with Crippen LogP contribution in [0.3, 0.4) is 0 Å². The molecule has 1 amide bonds. The minimum Gasteiger partial charge on any atom is -0.361 e. The first-order valence-corrected chi connectivity index (χ1v) is 8.07. The number of fused-ring (bicyclic) bond motifs is 1. The van der Waals surface area contributed by atoms with E-state index >= 15 is 0 Å². The first kappa shape index (κ1) is 14.1. The van der Waals surface area contributed by atoms with E-state index in [0.29, 0.717) is 6.54 Å². The van der Waals surface area contributed by atoms with Gasteiger partial charge in [-0.15, -0.1) is 0 Å². The maximum atomic E-state index is 13.1. The van der Waals surface area contributed by atoms with Crippen LogP contribution < -0.4 is 0 Å². The molecule has 3 heteroatoms. The minimum absolute atomic E-state index is 0.228. The predicted molar refractivity (Wildman–Crippen MR) is 92.1 cm³/mol. The fourth-order valence-corrected chi connectivity index (χ4v) is 3.49. The normalized spacial score (nSPS) is 15.5. The van der Waals surface area contributed by atoms with Crippen molar-refractivity contribution in [3.8, 4) is 0 Å². The molecular formula is C20H20N2O. The fraction of sp³-hybridized carbons (Fsp3) is 0.250. The van der Waals surface area contributed by atoms with Gasteiger partial charge in [-0.25, -0.2) is 0 Å². The monoisotopic (exact) mass is 304 g/mol. The summed E-state index contributed by atoms with van der Waals surface area (Å²) < 4.78 is 0. The third-order valence-electron chi connectivity index (χ3n) is 4.87. The molecule has 1 N–H and O–H groups in total. The zero-order chi connectivity index (χ0) is 15.9. The van der Waals surface area contributed by atoms with Gasteiger partial charge in [-0.2, -0.15) is 0 Å². The van der Waals surface area contributed by atoms with E-state index in [1.165, 1.54) is 5.39 Å². The molecule has 1 aliphatic carbocycles. The molecule has 0 unspecified atom stereocenters. The van der Waals surface area contributed by atoms with Gasteiger partial charge >= 0.3 is 0 Å². The number of para-hydroxylation sites is 1. The first-order chi connectivity index (χ1) is 11.2. The number of benzene rings is 2. The molecule has 1 aliphatic rings. The summed E-state index contributed by atoms with van der Waals surface area (Å²) in [7, 11) is 1.91. The van der Waals surface area contributed by atoms with Crippen LogP contribution in [0.25, 0.3) is 10.9 Å². The summed E-state index contributed by atoms with van der Waals surface area (Å²) in [4.78, 5) is 18.3. The molecule has 0 saturated heterocycles. The van der Waals surface area contributed by atoms with E-state index in [0.717, 1.165) is 29.5 Å². The fourth-order valence-electron chi connectivity index (χ4n) is 3.49. The van der Waals surface area contributed by atoms with Crippen molar-refractivity contribution in [2.24, 2.45) is 0 Å². The average Bonchev–Trinajstić information content (AvgIpc) is 3.27. The number of nitrogens with zero attached hydrogens (tertiary/aromatic N) is 1. The number of nitrogens with one attached hydrogen (secondary N) is 1. The molecule has 1 fully saturated rings. The predicted octanol–water partition coefficient (Wildman–Crippen LogP) is 3.86. The van der Waals surface area contributed by atoms with Gasteiger partial charge in [0.2, 0.25) is 5.91 Å². The van der Waals surface area contributed by atoms with Gasteiger partial charge in [-0.05, 0) is 30.0 Å². The van der Waals surface area contributed by atoms with Crippen LogP contribution in [0.4, 0.5) is 0 Å². The van der Waals surface area contributed by atoms with Gasteiger partial charge in [-0.1, -0.05) is 48.5 Å². The molecule has 0 spiro atoms. The van der Waals surface area contributed by atoms with E-state index in [1.807, 2.05) is 48.5 Å². The summed E-state index contributed by atoms with van der Waals surface area (Å²) in [6.45, 7) is 0.657. The quantitative estimate of drug-likeness (QED) is 0.780. The summed E-state index contributed by atoms with van der Waals surface area (Å²) >= 11 is 0. The number of likely N-dealkylation sites (N-methyl/N-ethyl adjacent to an activating group) is 1. The molecule has 4 rings (SSSR count). The van der Waals surface area contributed by atoms with Gasteiger partial charge in [0, 0.05) is 30.7 Å². The van der Waals surface area contributed by atoms with Gasteiger partial charge in [0.1, 0.15) is 0 Å². The highest BCUT2D eigenvalue weighted by Gasteiger charge is 2.53. The van der Waals surface area contributed by atoms with Crippen LogP contribution in [0.5, 0.6) is 0 Å². The van der Waals surface area contributed by atoms with Crippen molar-refractivity contribution in [2.75, 3.05) is 7.05 Å². The van der Waals surface area contributed by atoms with E-state index in [2.05, 4.69) is 29.2 Å². The molecule has 3 nitrogen and oxygen atoms in total. The largest absolute Gasteiger partial charge is 0.361 e. The Bertz CT molecular complexity index is 846. The minimum atomic E-state index is -0.330. The second-order valence-corrected chi connectivity index (χ2v) is 6.48. The van der Waals surface area contributed by atoms with Crippen molar-refractivity contribution in [1.29, 1.82) is 0 Å². The maximum absolute atomic E-state index is 13.1. The molecule has 116 valence electrons. The van der Waals surface area contributed by atoms with Gasteiger partial charge in [-0.3, -0.25) is 4.79 Å². The summed E-state index contributed by atoms with van der Waals surface area (Å²) in [5.74, 6) is 0.228. The Labute approximate surface area is 135 Å². The van der Waals surface area contributed by atoms with Crippen molar-refractivity contribution >= 4 is 16.8 Å².